The van der Waals surface area contributed by atoms with Crippen molar-refractivity contribution < 1.29 is 16.4 Å². The molecule has 9 rings (SSSR count). The van der Waals surface area contributed by atoms with Crippen LogP contribution >= 0.6 is 0 Å². The monoisotopic (exact) mass is 572 g/mol. The van der Waals surface area contributed by atoms with Gasteiger partial charge in [-0.3, -0.25) is 0 Å². The molecule has 0 saturated carbocycles. The molecule has 0 bridgehead atoms. The maximum atomic E-state index is 9.48. The fourth-order valence-corrected chi connectivity index (χ4v) is 6.30. The van der Waals surface area contributed by atoms with Crippen LogP contribution in [0.1, 0.15) is 16.4 Å². The molecule has 0 fully saturated rings. The fourth-order valence-electron chi connectivity index (χ4n) is 6.30. The summed E-state index contributed by atoms with van der Waals surface area (Å²) in [5.74, 6) is 0. The Labute approximate surface area is 272 Å². The number of para-hydroxylation sites is 3. The van der Waals surface area contributed by atoms with Crippen LogP contribution in [0.25, 0.3) is 77.2 Å². The summed E-state index contributed by atoms with van der Waals surface area (Å²) in [6.07, 6.45) is 0. The molecule has 0 saturated heterocycles. The van der Waals surface area contributed by atoms with Crippen LogP contribution in [0.3, 0.4) is 0 Å². The van der Waals surface area contributed by atoms with E-state index in [-0.39, 0.29) is 75.4 Å². The maximum Gasteiger partial charge on any atom is 0.0645 e. The van der Waals surface area contributed by atoms with E-state index >= 15 is 0 Å². The normalized spacial score (nSPS) is 15.5. The third-order valence-electron chi connectivity index (χ3n) is 8.10. The first kappa shape index (κ1) is 15.6. The van der Waals surface area contributed by atoms with Gasteiger partial charge in [0, 0.05) is 27.2 Å². The summed E-state index contributed by atoms with van der Waals surface area (Å²) in [5, 5.41) is 1.89. The Kier molecular flexibility index (Phi) is 3.49. The highest BCUT2D eigenvalue weighted by molar-refractivity contribution is 6.19. The molecular weight excluding hydrogens is 532 g/mol. The van der Waals surface area contributed by atoms with E-state index < -0.39 is 30.2 Å². The second-order valence-corrected chi connectivity index (χ2v) is 10.5. The van der Waals surface area contributed by atoms with Gasteiger partial charge in [-0.2, -0.15) is 0 Å². The standard InChI is InChI=1S/C42H28N2/c1-3-14-29(15-4-1)30-16-11-17-31(28-30)33-22-12-25-38-41(33)34-20-7-10-24-37(34)44(38)40-27-13-26-39-42(40)35-21-8-9-23-36(35)43(39)32-18-5-2-6-19-32/h1-28H/i1D,3D,4D,8D,9D,13D,14D,15D,21D,23D,26D,27D. The summed E-state index contributed by atoms with van der Waals surface area (Å²) in [7, 11) is 0. The Morgan fingerprint density at radius 3 is 2.05 bits per heavy atom. The maximum absolute atomic E-state index is 9.48. The van der Waals surface area contributed by atoms with Crippen LogP contribution in [0.5, 0.6) is 0 Å². The molecule has 0 N–H and O–H groups in total. The second-order valence-electron chi connectivity index (χ2n) is 10.5. The van der Waals surface area contributed by atoms with E-state index in [0.717, 1.165) is 16.3 Å². The molecule has 2 nitrogen and oxygen atoms in total. The highest BCUT2D eigenvalue weighted by Gasteiger charge is 2.20. The Balaban J connectivity index is 1.43. The molecule has 0 atom stereocenters. The molecule has 0 aliphatic heterocycles. The Bertz CT molecular complexity index is 3140. The smallest absolute Gasteiger partial charge is 0.0645 e. The Morgan fingerprint density at radius 1 is 0.409 bits per heavy atom. The van der Waals surface area contributed by atoms with Crippen LogP contribution in [0, 0.1) is 0 Å². The summed E-state index contributed by atoms with van der Waals surface area (Å²) >= 11 is 0. The van der Waals surface area contributed by atoms with Crippen molar-refractivity contribution in [1.82, 2.24) is 9.13 Å². The summed E-state index contributed by atoms with van der Waals surface area (Å²) in [4.78, 5) is 0. The van der Waals surface area contributed by atoms with Gasteiger partial charge in [0.1, 0.15) is 0 Å². The van der Waals surface area contributed by atoms with Crippen molar-refractivity contribution in [2.24, 2.45) is 0 Å². The molecule has 206 valence electrons. The average Bonchev–Trinajstić information content (AvgIpc) is 3.75. The Hall–Kier alpha value is -5.86. The van der Waals surface area contributed by atoms with Gasteiger partial charge in [-0.1, -0.05) is 121 Å². The summed E-state index contributed by atoms with van der Waals surface area (Å²) in [6.45, 7) is 0. The lowest BCUT2D eigenvalue weighted by atomic mass is 9.96. The van der Waals surface area contributed by atoms with Gasteiger partial charge in [-0.05, 0) is 70.7 Å². The summed E-state index contributed by atoms with van der Waals surface area (Å²) in [5.41, 5.74) is 4.21. The first-order valence-electron chi connectivity index (χ1n) is 20.1. The summed E-state index contributed by atoms with van der Waals surface area (Å²) in [6, 6.07) is 24.7. The van der Waals surface area contributed by atoms with E-state index in [1.54, 1.807) is 47.0 Å². The van der Waals surface area contributed by atoms with Crippen LogP contribution in [0.2, 0.25) is 0 Å². The van der Waals surface area contributed by atoms with Crippen molar-refractivity contribution in [3.05, 3.63) is 170 Å². The third kappa shape index (κ3) is 3.68. The van der Waals surface area contributed by atoms with E-state index in [2.05, 4.69) is 0 Å². The van der Waals surface area contributed by atoms with Gasteiger partial charge in [0.15, 0.2) is 0 Å². The quantitative estimate of drug-likeness (QED) is 0.198. The number of nitrogens with zero attached hydrogens (tertiary/aromatic N) is 2. The van der Waals surface area contributed by atoms with Crippen molar-refractivity contribution in [1.29, 1.82) is 0 Å². The minimum atomic E-state index is -0.475. The van der Waals surface area contributed by atoms with E-state index in [1.165, 1.54) is 0 Å². The van der Waals surface area contributed by atoms with Gasteiger partial charge in [0.2, 0.25) is 0 Å². The topological polar surface area (TPSA) is 9.86 Å². The van der Waals surface area contributed by atoms with Gasteiger partial charge in [0.05, 0.1) is 44.2 Å². The number of rotatable bonds is 4. The molecule has 44 heavy (non-hydrogen) atoms. The van der Waals surface area contributed by atoms with Crippen molar-refractivity contribution in [2.75, 3.05) is 0 Å². The first-order chi connectivity index (χ1) is 26.8. The lowest BCUT2D eigenvalue weighted by Gasteiger charge is -2.12. The predicted molar refractivity (Wildman–Crippen MR) is 186 cm³/mol. The van der Waals surface area contributed by atoms with Crippen molar-refractivity contribution >= 4 is 43.6 Å². The van der Waals surface area contributed by atoms with E-state index in [0.29, 0.717) is 27.8 Å². The molecular formula is C42H28N2. The molecule has 2 aromatic heterocycles. The molecule has 0 aliphatic rings. The van der Waals surface area contributed by atoms with Gasteiger partial charge in [0.25, 0.3) is 0 Å². The zero-order chi connectivity index (χ0) is 39.5. The number of hydrogen-bond donors (Lipinski definition) is 0. The molecule has 2 heterocycles. The summed E-state index contributed by atoms with van der Waals surface area (Å²) < 4.78 is 109. The second kappa shape index (κ2) is 9.86. The minimum absolute atomic E-state index is 0.0755. The zero-order valence-electron chi connectivity index (χ0n) is 35.1. The molecule has 0 unspecified atom stereocenters. The fraction of sp³-hybridized carbons (Fsp3) is 0. The van der Waals surface area contributed by atoms with Crippen LogP contribution in [0.4, 0.5) is 0 Å². The van der Waals surface area contributed by atoms with Crippen molar-refractivity contribution in [3.8, 4) is 33.6 Å². The predicted octanol–water partition coefficient (Wildman–Crippen LogP) is 11.2. The average molecular weight is 573 g/mol. The number of aromatic nitrogens is 2. The van der Waals surface area contributed by atoms with Crippen molar-refractivity contribution in [3.63, 3.8) is 0 Å². The third-order valence-corrected chi connectivity index (χ3v) is 8.10. The lowest BCUT2D eigenvalue weighted by molar-refractivity contribution is 1.17. The largest absolute Gasteiger partial charge is 0.309 e. The highest BCUT2D eigenvalue weighted by atomic mass is 15.0. The van der Waals surface area contributed by atoms with E-state index in [9.17, 15) is 4.11 Å². The lowest BCUT2D eigenvalue weighted by Crippen LogP contribution is -1.96. The number of fused-ring (bicyclic) bond motifs is 6. The Morgan fingerprint density at radius 2 is 1.14 bits per heavy atom. The van der Waals surface area contributed by atoms with E-state index in [1.807, 2.05) is 59.2 Å². The molecule has 2 heteroatoms. The van der Waals surface area contributed by atoms with Gasteiger partial charge < -0.3 is 9.13 Å². The molecule has 7 aromatic carbocycles. The molecule has 0 amide bonds. The van der Waals surface area contributed by atoms with Gasteiger partial charge in [-0.25, -0.2) is 0 Å². The van der Waals surface area contributed by atoms with Crippen LogP contribution < -0.4 is 0 Å². The number of hydrogen-bond acceptors (Lipinski definition) is 0. The highest BCUT2D eigenvalue weighted by Crippen LogP contribution is 2.42. The first-order valence-corrected chi connectivity index (χ1v) is 14.1. The molecule has 0 spiro atoms. The van der Waals surface area contributed by atoms with Gasteiger partial charge >= 0.3 is 0 Å². The number of benzene rings is 7. The zero-order valence-corrected chi connectivity index (χ0v) is 23.1. The van der Waals surface area contributed by atoms with Gasteiger partial charge in [-0.15, -0.1) is 0 Å². The SMILES string of the molecule is [2H]c1c([2H])c([2H])c(-c2cccc(-c3cccc4c3c3ccccc3n4-c3c([2H])c([2H])c([2H])c4c3c3c([2H])c([2H])c([2H])c([2H])c3n4-c3ccccc3)c2)c([2H])c1[2H]. The van der Waals surface area contributed by atoms with Crippen LogP contribution in [-0.2, 0) is 0 Å². The molecule has 0 aliphatic carbocycles. The van der Waals surface area contributed by atoms with E-state index in [4.69, 9.17) is 12.3 Å². The van der Waals surface area contributed by atoms with Crippen LogP contribution in [0.15, 0.2) is 170 Å². The minimum Gasteiger partial charge on any atom is -0.309 e. The van der Waals surface area contributed by atoms with Crippen LogP contribution in [-0.4, -0.2) is 9.13 Å². The molecule has 0 radical (unpaired) electrons. The molecule has 9 aromatic rings. The van der Waals surface area contributed by atoms with Crippen molar-refractivity contribution in [2.45, 2.75) is 0 Å².